The van der Waals surface area contributed by atoms with Crippen LogP contribution in [0.15, 0.2) is 48.5 Å². The van der Waals surface area contributed by atoms with Crippen LogP contribution in [0.2, 0.25) is 19.6 Å². The number of rotatable bonds is 4. The summed E-state index contributed by atoms with van der Waals surface area (Å²) in [4.78, 5) is 12.8. The van der Waals surface area contributed by atoms with Gasteiger partial charge < -0.3 is 4.74 Å². The van der Waals surface area contributed by atoms with E-state index >= 15 is 0 Å². The van der Waals surface area contributed by atoms with Crippen LogP contribution < -0.4 is 9.92 Å². The molecule has 0 spiro atoms. The average Bonchev–Trinajstić information content (AvgIpc) is 2.45. The van der Waals surface area contributed by atoms with Crippen LogP contribution in [-0.4, -0.2) is 21.0 Å². The van der Waals surface area contributed by atoms with E-state index < -0.39 is 8.07 Å². The van der Waals surface area contributed by atoms with Gasteiger partial charge >= 0.3 is 0 Å². The minimum Gasteiger partial charge on any atom is -0.496 e. The standard InChI is InChI=1S/C17H20O2Si/c1-19-14-11-8-12-15(20(2,3)4)16(14)17(18)13-9-6-5-7-10-13/h5-12H,1-4H3. The summed E-state index contributed by atoms with van der Waals surface area (Å²) in [6.45, 7) is 6.72. The fraction of sp³-hybridized carbons (Fsp3) is 0.235. The lowest BCUT2D eigenvalue weighted by Gasteiger charge is -2.22. The molecular formula is C17H20O2Si. The Morgan fingerprint density at radius 3 is 2.15 bits per heavy atom. The molecule has 0 heterocycles. The molecule has 0 atom stereocenters. The second-order valence-corrected chi connectivity index (χ2v) is 10.9. The fourth-order valence-corrected chi connectivity index (χ4v) is 3.88. The van der Waals surface area contributed by atoms with Crippen molar-refractivity contribution in [2.75, 3.05) is 7.11 Å². The molecule has 0 aromatic heterocycles. The molecule has 2 nitrogen and oxygen atoms in total. The molecule has 0 saturated heterocycles. The highest BCUT2D eigenvalue weighted by atomic mass is 28.3. The van der Waals surface area contributed by atoms with Gasteiger partial charge in [0.05, 0.1) is 20.7 Å². The number of benzene rings is 2. The molecule has 0 aliphatic rings. The number of ether oxygens (including phenoxy) is 1. The summed E-state index contributed by atoms with van der Waals surface area (Å²) in [6.07, 6.45) is 0. The summed E-state index contributed by atoms with van der Waals surface area (Å²) >= 11 is 0. The molecular weight excluding hydrogens is 264 g/mol. The van der Waals surface area contributed by atoms with E-state index in [2.05, 4.69) is 25.7 Å². The van der Waals surface area contributed by atoms with E-state index in [1.165, 1.54) is 0 Å². The van der Waals surface area contributed by atoms with Crippen LogP contribution in [0, 0.1) is 0 Å². The highest BCUT2D eigenvalue weighted by Crippen LogP contribution is 2.22. The van der Waals surface area contributed by atoms with Crippen LogP contribution in [-0.2, 0) is 0 Å². The van der Waals surface area contributed by atoms with Gasteiger partial charge in [-0.1, -0.05) is 62.1 Å². The lowest BCUT2D eigenvalue weighted by Crippen LogP contribution is -2.41. The van der Waals surface area contributed by atoms with Gasteiger partial charge in [-0.25, -0.2) is 0 Å². The molecule has 2 rings (SSSR count). The maximum absolute atomic E-state index is 12.8. The zero-order valence-corrected chi connectivity index (χ0v) is 13.4. The predicted octanol–water partition coefficient (Wildman–Crippen LogP) is 3.47. The summed E-state index contributed by atoms with van der Waals surface area (Å²) in [5, 5.41) is 1.14. The van der Waals surface area contributed by atoms with Crippen LogP contribution >= 0.6 is 0 Å². The second kappa shape index (κ2) is 5.63. The normalized spacial score (nSPS) is 11.2. The molecule has 0 aliphatic carbocycles. The van der Waals surface area contributed by atoms with E-state index in [0.717, 1.165) is 10.8 Å². The van der Waals surface area contributed by atoms with Gasteiger partial charge in [0.2, 0.25) is 0 Å². The molecule has 104 valence electrons. The average molecular weight is 284 g/mol. The van der Waals surface area contributed by atoms with Crippen molar-refractivity contribution in [3.63, 3.8) is 0 Å². The van der Waals surface area contributed by atoms with E-state index in [-0.39, 0.29) is 5.78 Å². The van der Waals surface area contributed by atoms with Crippen LogP contribution in [0.1, 0.15) is 15.9 Å². The monoisotopic (exact) mass is 284 g/mol. The molecule has 0 amide bonds. The Bertz CT molecular complexity index is 613. The second-order valence-electron chi connectivity index (χ2n) is 5.83. The van der Waals surface area contributed by atoms with Crippen LogP contribution in [0.5, 0.6) is 5.75 Å². The van der Waals surface area contributed by atoms with Crippen molar-refractivity contribution in [2.45, 2.75) is 19.6 Å². The van der Waals surface area contributed by atoms with Gasteiger partial charge in [0.15, 0.2) is 5.78 Å². The first-order valence-electron chi connectivity index (χ1n) is 6.72. The molecule has 0 unspecified atom stereocenters. The Morgan fingerprint density at radius 2 is 1.60 bits per heavy atom. The number of hydrogen-bond acceptors (Lipinski definition) is 2. The third kappa shape index (κ3) is 2.83. The fourth-order valence-electron chi connectivity index (χ4n) is 2.29. The summed E-state index contributed by atoms with van der Waals surface area (Å²) in [5.74, 6) is 0.708. The van der Waals surface area contributed by atoms with E-state index in [1.54, 1.807) is 7.11 Å². The van der Waals surface area contributed by atoms with Crippen molar-refractivity contribution < 1.29 is 9.53 Å². The molecule has 0 bridgehead atoms. The number of carbonyl (C=O) groups is 1. The Morgan fingerprint density at radius 1 is 0.950 bits per heavy atom. The van der Waals surface area contributed by atoms with E-state index in [0.29, 0.717) is 11.3 Å². The maximum atomic E-state index is 12.8. The maximum Gasteiger partial charge on any atom is 0.196 e. The van der Waals surface area contributed by atoms with E-state index in [1.807, 2.05) is 42.5 Å². The number of ketones is 1. The minimum atomic E-state index is -1.62. The number of carbonyl (C=O) groups excluding carboxylic acids is 1. The summed E-state index contributed by atoms with van der Waals surface area (Å²) < 4.78 is 5.43. The van der Waals surface area contributed by atoms with Crippen molar-refractivity contribution in [1.29, 1.82) is 0 Å². The lowest BCUT2D eigenvalue weighted by molar-refractivity contribution is 0.103. The van der Waals surface area contributed by atoms with Gasteiger partial charge in [0.1, 0.15) is 5.75 Å². The molecule has 2 aromatic rings. The third-order valence-corrected chi connectivity index (χ3v) is 5.35. The molecule has 20 heavy (non-hydrogen) atoms. The van der Waals surface area contributed by atoms with Crippen LogP contribution in [0.3, 0.4) is 0 Å². The van der Waals surface area contributed by atoms with Gasteiger partial charge in [-0.05, 0) is 11.3 Å². The highest BCUT2D eigenvalue weighted by molar-refractivity contribution is 6.89. The third-order valence-electron chi connectivity index (χ3n) is 3.32. The van der Waals surface area contributed by atoms with Crippen LogP contribution in [0.4, 0.5) is 0 Å². The molecule has 2 aromatic carbocycles. The van der Waals surface area contributed by atoms with Crippen molar-refractivity contribution in [2.24, 2.45) is 0 Å². The zero-order chi connectivity index (χ0) is 14.8. The summed E-state index contributed by atoms with van der Waals surface area (Å²) in [7, 11) is -0.00586. The first-order chi connectivity index (χ1) is 9.45. The SMILES string of the molecule is COc1cccc([Si](C)(C)C)c1C(=O)c1ccccc1. The first kappa shape index (κ1) is 14.5. The smallest absolute Gasteiger partial charge is 0.196 e. The Kier molecular flexibility index (Phi) is 4.09. The van der Waals surface area contributed by atoms with Gasteiger partial charge in [0, 0.05) is 5.56 Å². The van der Waals surface area contributed by atoms with E-state index in [4.69, 9.17) is 4.74 Å². The van der Waals surface area contributed by atoms with Gasteiger partial charge in [0.25, 0.3) is 0 Å². The molecule has 0 N–H and O–H groups in total. The molecule has 0 saturated carbocycles. The van der Waals surface area contributed by atoms with Crippen molar-refractivity contribution in [3.05, 3.63) is 59.7 Å². The minimum absolute atomic E-state index is 0.0421. The molecule has 0 radical (unpaired) electrons. The highest BCUT2D eigenvalue weighted by Gasteiger charge is 2.26. The van der Waals surface area contributed by atoms with Crippen LogP contribution in [0.25, 0.3) is 0 Å². The number of methoxy groups -OCH3 is 1. The lowest BCUT2D eigenvalue weighted by atomic mass is 10.0. The zero-order valence-electron chi connectivity index (χ0n) is 12.4. The first-order valence-corrected chi connectivity index (χ1v) is 10.2. The number of hydrogen-bond donors (Lipinski definition) is 0. The Balaban J connectivity index is 2.63. The van der Waals surface area contributed by atoms with Crippen molar-refractivity contribution in [1.82, 2.24) is 0 Å². The van der Waals surface area contributed by atoms with Crippen molar-refractivity contribution >= 4 is 19.0 Å². The van der Waals surface area contributed by atoms with Gasteiger partial charge in [-0.3, -0.25) is 4.79 Å². The Labute approximate surface area is 121 Å². The topological polar surface area (TPSA) is 26.3 Å². The molecule has 3 heteroatoms. The quantitative estimate of drug-likeness (QED) is 0.635. The summed E-state index contributed by atoms with van der Waals surface area (Å²) in [6, 6.07) is 15.3. The molecule has 0 fully saturated rings. The van der Waals surface area contributed by atoms with Gasteiger partial charge in [-0.2, -0.15) is 0 Å². The summed E-state index contributed by atoms with van der Waals surface area (Å²) in [5.41, 5.74) is 1.43. The largest absolute Gasteiger partial charge is 0.496 e. The molecule has 0 aliphatic heterocycles. The predicted molar refractivity (Wildman–Crippen MR) is 85.8 cm³/mol. The van der Waals surface area contributed by atoms with E-state index in [9.17, 15) is 4.79 Å². The Hall–Kier alpha value is -1.87. The van der Waals surface area contributed by atoms with Gasteiger partial charge in [-0.15, -0.1) is 0 Å². The van der Waals surface area contributed by atoms with Crippen molar-refractivity contribution in [3.8, 4) is 5.75 Å².